The van der Waals surface area contributed by atoms with E-state index in [0.717, 1.165) is 24.1 Å². The Morgan fingerprint density at radius 3 is 3.00 bits per heavy atom. The maximum atomic E-state index is 12.5. The molecule has 20 heavy (non-hydrogen) atoms. The van der Waals surface area contributed by atoms with Gasteiger partial charge in [0, 0.05) is 18.0 Å². The molecule has 1 aromatic rings. The number of hydrogen-bond donors (Lipinski definition) is 1. The van der Waals surface area contributed by atoms with Gasteiger partial charge in [-0.15, -0.1) is 11.3 Å². The SMILES string of the molecule is CCCc1sc(C(=O)N2CCOC(CO)C2)cc1CC. The molecule has 0 radical (unpaired) electrons. The Morgan fingerprint density at radius 2 is 2.35 bits per heavy atom. The molecule has 112 valence electrons. The first-order valence-corrected chi connectivity index (χ1v) is 8.14. The Bertz CT molecular complexity index is 458. The molecule has 1 aliphatic rings. The maximum Gasteiger partial charge on any atom is 0.264 e. The van der Waals surface area contributed by atoms with E-state index in [2.05, 4.69) is 13.8 Å². The first kappa shape index (κ1) is 15.5. The summed E-state index contributed by atoms with van der Waals surface area (Å²) in [5, 5.41) is 9.16. The van der Waals surface area contributed by atoms with Crippen LogP contribution in [-0.4, -0.2) is 48.3 Å². The number of hydrogen-bond acceptors (Lipinski definition) is 4. The lowest BCUT2D eigenvalue weighted by molar-refractivity contribution is -0.0446. The molecule has 4 nitrogen and oxygen atoms in total. The number of aliphatic hydroxyl groups is 1. The summed E-state index contributed by atoms with van der Waals surface area (Å²) in [5.41, 5.74) is 1.30. The molecule has 2 rings (SSSR count). The standard InChI is InChI=1S/C15H23NO3S/c1-3-5-13-11(4-2)8-14(20-13)15(18)16-6-7-19-12(9-16)10-17/h8,12,17H,3-7,9-10H2,1-2H3. The zero-order valence-corrected chi connectivity index (χ0v) is 13.0. The van der Waals surface area contributed by atoms with Crippen LogP contribution in [0.5, 0.6) is 0 Å². The summed E-state index contributed by atoms with van der Waals surface area (Å²) in [4.78, 5) is 16.5. The van der Waals surface area contributed by atoms with Crippen LogP contribution in [0.4, 0.5) is 0 Å². The summed E-state index contributed by atoms with van der Waals surface area (Å²) in [6.07, 6.45) is 2.88. The van der Waals surface area contributed by atoms with Crippen LogP contribution in [0.2, 0.25) is 0 Å². The minimum atomic E-state index is -0.242. The van der Waals surface area contributed by atoms with Crippen molar-refractivity contribution >= 4 is 17.2 Å². The fraction of sp³-hybridized carbons (Fsp3) is 0.667. The van der Waals surface area contributed by atoms with E-state index >= 15 is 0 Å². The number of amides is 1. The first-order chi connectivity index (χ1) is 9.69. The van der Waals surface area contributed by atoms with E-state index in [4.69, 9.17) is 9.84 Å². The van der Waals surface area contributed by atoms with Crippen molar-refractivity contribution in [1.82, 2.24) is 4.90 Å². The van der Waals surface area contributed by atoms with Gasteiger partial charge in [-0.1, -0.05) is 20.3 Å². The highest BCUT2D eigenvalue weighted by atomic mass is 32.1. The van der Waals surface area contributed by atoms with Crippen molar-refractivity contribution in [3.8, 4) is 0 Å². The van der Waals surface area contributed by atoms with Gasteiger partial charge >= 0.3 is 0 Å². The summed E-state index contributed by atoms with van der Waals surface area (Å²) >= 11 is 1.62. The van der Waals surface area contributed by atoms with Crippen LogP contribution in [0.1, 0.15) is 40.4 Å². The van der Waals surface area contributed by atoms with Gasteiger partial charge in [-0.05, 0) is 24.5 Å². The number of ether oxygens (including phenoxy) is 1. The molecule has 1 N–H and O–H groups in total. The van der Waals surface area contributed by atoms with Crippen molar-refractivity contribution in [1.29, 1.82) is 0 Å². The van der Waals surface area contributed by atoms with Crippen LogP contribution in [0, 0.1) is 0 Å². The molecule has 1 fully saturated rings. The summed E-state index contributed by atoms with van der Waals surface area (Å²) in [5.74, 6) is 0.0776. The van der Waals surface area contributed by atoms with Gasteiger partial charge in [0.25, 0.3) is 5.91 Å². The molecular formula is C15H23NO3S. The lowest BCUT2D eigenvalue weighted by Crippen LogP contribution is -2.46. The van der Waals surface area contributed by atoms with Crippen LogP contribution in [0.15, 0.2) is 6.07 Å². The normalized spacial score (nSPS) is 19.4. The molecule has 0 spiro atoms. The van der Waals surface area contributed by atoms with E-state index in [-0.39, 0.29) is 18.6 Å². The lowest BCUT2D eigenvalue weighted by atomic mass is 10.1. The number of thiophene rings is 1. The van der Waals surface area contributed by atoms with Crippen molar-refractivity contribution < 1.29 is 14.6 Å². The van der Waals surface area contributed by atoms with Gasteiger partial charge in [0.05, 0.1) is 24.2 Å². The Kier molecular flexibility index (Phi) is 5.57. The molecular weight excluding hydrogens is 274 g/mol. The van der Waals surface area contributed by atoms with E-state index in [1.54, 1.807) is 16.2 Å². The minimum Gasteiger partial charge on any atom is -0.394 e. The molecule has 1 atom stereocenters. The third kappa shape index (κ3) is 3.40. The molecule has 5 heteroatoms. The predicted molar refractivity (Wildman–Crippen MR) is 80.4 cm³/mol. The molecule has 0 saturated carbocycles. The van der Waals surface area contributed by atoms with Crippen LogP contribution in [0.25, 0.3) is 0 Å². The Hall–Kier alpha value is -0.910. The van der Waals surface area contributed by atoms with E-state index in [9.17, 15) is 4.79 Å². The second-order valence-electron chi connectivity index (χ2n) is 5.09. The van der Waals surface area contributed by atoms with Gasteiger partial charge in [0.2, 0.25) is 0 Å². The number of rotatable bonds is 5. The number of morpholine rings is 1. The van der Waals surface area contributed by atoms with Crippen LogP contribution < -0.4 is 0 Å². The average molecular weight is 297 g/mol. The first-order valence-electron chi connectivity index (χ1n) is 7.32. The zero-order valence-electron chi connectivity index (χ0n) is 12.2. The number of carbonyl (C=O) groups excluding carboxylic acids is 1. The largest absolute Gasteiger partial charge is 0.394 e. The molecule has 1 aromatic heterocycles. The summed E-state index contributed by atoms with van der Waals surface area (Å²) in [7, 11) is 0. The number of aryl methyl sites for hydroxylation is 2. The van der Waals surface area contributed by atoms with Gasteiger partial charge in [-0.2, -0.15) is 0 Å². The summed E-state index contributed by atoms with van der Waals surface area (Å²) < 4.78 is 5.39. The van der Waals surface area contributed by atoms with Gasteiger partial charge < -0.3 is 14.7 Å². The highest BCUT2D eigenvalue weighted by Crippen LogP contribution is 2.26. The van der Waals surface area contributed by atoms with Crippen molar-refractivity contribution in [3.05, 3.63) is 21.4 Å². The van der Waals surface area contributed by atoms with E-state index in [1.165, 1.54) is 10.4 Å². The molecule has 0 aromatic carbocycles. The minimum absolute atomic E-state index is 0.0322. The second-order valence-corrected chi connectivity index (χ2v) is 6.23. The van der Waals surface area contributed by atoms with Crippen LogP contribution in [0.3, 0.4) is 0 Å². The number of carbonyl (C=O) groups is 1. The van der Waals surface area contributed by atoms with Gasteiger partial charge in [0.15, 0.2) is 0 Å². The third-order valence-electron chi connectivity index (χ3n) is 3.60. The van der Waals surface area contributed by atoms with E-state index in [1.807, 2.05) is 6.07 Å². The van der Waals surface area contributed by atoms with E-state index < -0.39 is 0 Å². The smallest absolute Gasteiger partial charge is 0.264 e. The van der Waals surface area contributed by atoms with Crippen molar-refractivity contribution in [2.75, 3.05) is 26.3 Å². The highest BCUT2D eigenvalue weighted by molar-refractivity contribution is 7.14. The molecule has 1 amide bonds. The molecule has 1 aliphatic heterocycles. The van der Waals surface area contributed by atoms with Gasteiger partial charge in [-0.25, -0.2) is 0 Å². The lowest BCUT2D eigenvalue weighted by Gasteiger charge is -2.31. The Morgan fingerprint density at radius 1 is 1.55 bits per heavy atom. The molecule has 0 bridgehead atoms. The maximum absolute atomic E-state index is 12.5. The highest BCUT2D eigenvalue weighted by Gasteiger charge is 2.26. The quantitative estimate of drug-likeness (QED) is 0.905. The number of aliphatic hydroxyl groups excluding tert-OH is 1. The third-order valence-corrected chi connectivity index (χ3v) is 4.82. The Balaban J connectivity index is 2.12. The predicted octanol–water partition coefficient (Wildman–Crippen LogP) is 2.10. The fourth-order valence-electron chi connectivity index (χ4n) is 2.48. The van der Waals surface area contributed by atoms with Crippen LogP contribution in [-0.2, 0) is 17.6 Å². The Labute approximate surface area is 124 Å². The van der Waals surface area contributed by atoms with Crippen molar-refractivity contribution in [2.24, 2.45) is 0 Å². The summed E-state index contributed by atoms with van der Waals surface area (Å²) in [6.45, 7) is 5.86. The van der Waals surface area contributed by atoms with Gasteiger partial charge in [0.1, 0.15) is 0 Å². The molecule has 1 unspecified atom stereocenters. The molecule has 0 aliphatic carbocycles. The molecule has 2 heterocycles. The average Bonchev–Trinajstić information content (AvgIpc) is 2.90. The van der Waals surface area contributed by atoms with Crippen LogP contribution >= 0.6 is 11.3 Å². The summed E-state index contributed by atoms with van der Waals surface area (Å²) in [6, 6.07) is 2.04. The zero-order chi connectivity index (χ0) is 14.5. The van der Waals surface area contributed by atoms with Crippen molar-refractivity contribution in [3.63, 3.8) is 0 Å². The fourth-order valence-corrected chi connectivity index (χ4v) is 3.80. The monoisotopic (exact) mass is 297 g/mol. The molecule has 1 saturated heterocycles. The van der Waals surface area contributed by atoms with Crippen molar-refractivity contribution in [2.45, 2.75) is 39.2 Å². The topological polar surface area (TPSA) is 49.8 Å². The number of nitrogens with zero attached hydrogens (tertiary/aromatic N) is 1. The van der Waals surface area contributed by atoms with E-state index in [0.29, 0.717) is 19.7 Å². The van der Waals surface area contributed by atoms with Gasteiger partial charge in [-0.3, -0.25) is 4.79 Å². The second kappa shape index (κ2) is 7.20.